The predicted molar refractivity (Wildman–Crippen MR) is 68.3 cm³/mol. The molecular weight excluding hydrogens is 287 g/mol. The van der Waals surface area contributed by atoms with E-state index in [9.17, 15) is 9.18 Å². The molecule has 5 heteroatoms. The van der Waals surface area contributed by atoms with Crippen LogP contribution < -0.4 is 10.6 Å². The van der Waals surface area contributed by atoms with Crippen LogP contribution in [0.2, 0.25) is 0 Å². The first-order chi connectivity index (χ1) is 8.06. The highest BCUT2D eigenvalue weighted by Gasteiger charge is 2.25. The van der Waals surface area contributed by atoms with Gasteiger partial charge in [-0.15, -0.1) is 0 Å². The molecule has 0 heterocycles. The number of hydrogen-bond donors (Lipinski definition) is 2. The van der Waals surface area contributed by atoms with Crippen LogP contribution in [-0.2, 0) is 4.79 Å². The zero-order valence-corrected chi connectivity index (χ0v) is 11.1. The summed E-state index contributed by atoms with van der Waals surface area (Å²) < 4.78 is 14.1. The number of halogens is 2. The van der Waals surface area contributed by atoms with Gasteiger partial charge in [-0.1, -0.05) is 15.9 Å². The normalized spacial score (nSPS) is 16.6. The Kier molecular flexibility index (Phi) is 3.79. The van der Waals surface area contributed by atoms with Crippen LogP contribution >= 0.6 is 15.9 Å². The maximum Gasteiger partial charge on any atom is 0.241 e. The molecule has 1 fully saturated rings. The molecule has 1 amide bonds. The minimum atomic E-state index is -0.439. The van der Waals surface area contributed by atoms with Crippen molar-refractivity contribution in [3.05, 3.63) is 28.5 Å². The lowest BCUT2D eigenvalue weighted by molar-refractivity contribution is -0.117. The number of carbonyl (C=O) groups is 1. The average Bonchev–Trinajstić information content (AvgIpc) is 3.06. The largest absolute Gasteiger partial charge is 0.322 e. The Morgan fingerprint density at radius 1 is 1.53 bits per heavy atom. The van der Waals surface area contributed by atoms with Gasteiger partial charge in [0.1, 0.15) is 5.82 Å². The van der Waals surface area contributed by atoms with Crippen LogP contribution in [0.25, 0.3) is 0 Å². The molecule has 2 N–H and O–H groups in total. The first-order valence-electron chi connectivity index (χ1n) is 5.58. The van der Waals surface area contributed by atoms with Gasteiger partial charge in [-0.05, 0) is 38.0 Å². The molecule has 0 bridgehead atoms. The van der Waals surface area contributed by atoms with Gasteiger partial charge in [0.2, 0.25) is 5.91 Å². The second-order valence-electron chi connectivity index (χ2n) is 4.28. The van der Waals surface area contributed by atoms with E-state index in [4.69, 9.17) is 0 Å². The molecule has 1 aliphatic carbocycles. The lowest BCUT2D eigenvalue weighted by atomic mass is 10.2. The summed E-state index contributed by atoms with van der Waals surface area (Å²) in [6.07, 6.45) is 2.23. The smallest absolute Gasteiger partial charge is 0.241 e. The number of rotatable bonds is 4. The molecule has 1 saturated carbocycles. The molecule has 2 rings (SSSR count). The van der Waals surface area contributed by atoms with Crippen LogP contribution in [0, 0.1) is 5.82 Å². The Morgan fingerprint density at radius 3 is 2.82 bits per heavy atom. The SMILES string of the molecule is CC(NC1CC1)C(=O)Nc1ccc(Br)cc1F. The zero-order valence-electron chi connectivity index (χ0n) is 9.47. The Labute approximate surface area is 108 Å². The van der Waals surface area contributed by atoms with Crippen LogP contribution in [0.4, 0.5) is 10.1 Å². The van der Waals surface area contributed by atoms with Crippen LogP contribution in [0.1, 0.15) is 19.8 Å². The van der Waals surface area contributed by atoms with Crippen LogP contribution in [0.15, 0.2) is 22.7 Å². The maximum absolute atomic E-state index is 13.5. The predicted octanol–water partition coefficient (Wildman–Crippen LogP) is 2.67. The van der Waals surface area contributed by atoms with Gasteiger partial charge in [-0.3, -0.25) is 4.79 Å². The molecule has 0 saturated heterocycles. The van der Waals surface area contributed by atoms with E-state index in [1.165, 1.54) is 6.07 Å². The standard InChI is InChI=1S/C12H14BrFN2O/c1-7(15-9-3-4-9)12(17)16-11-5-2-8(13)6-10(11)14/h2,5-7,9,15H,3-4H2,1H3,(H,16,17). The average molecular weight is 301 g/mol. The fourth-order valence-electron chi connectivity index (χ4n) is 1.51. The van der Waals surface area contributed by atoms with E-state index in [-0.39, 0.29) is 17.6 Å². The van der Waals surface area contributed by atoms with E-state index >= 15 is 0 Å². The van der Waals surface area contributed by atoms with Crippen molar-refractivity contribution in [1.82, 2.24) is 5.32 Å². The van der Waals surface area contributed by atoms with Crippen molar-refractivity contribution in [2.45, 2.75) is 31.8 Å². The summed E-state index contributed by atoms with van der Waals surface area (Å²) in [5.41, 5.74) is 0.211. The Morgan fingerprint density at radius 2 is 2.24 bits per heavy atom. The van der Waals surface area contributed by atoms with Crippen molar-refractivity contribution in [3.8, 4) is 0 Å². The molecule has 1 atom stereocenters. The highest BCUT2D eigenvalue weighted by Crippen LogP contribution is 2.21. The molecule has 92 valence electrons. The third kappa shape index (κ3) is 3.51. The summed E-state index contributed by atoms with van der Waals surface area (Å²) in [4.78, 5) is 11.8. The summed E-state index contributed by atoms with van der Waals surface area (Å²) in [7, 11) is 0. The molecule has 0 aliphatic heterocycles. The molecule has 0 spiro atoms. The minimum Gasteiger partial charge on any atom is -0.322 e. The Balaban J connectivity index is 1.96. The first kappa shape index (κ1) is 12.5. The lowest BCUT2D eigenvalue weighted by Gasteiger charge is -2.13. The van der Waals surface area contributed by atoms with Crippen molar-refractivity contribution in [1.29, 1.82) is 0 Å². The van der Waals surface area contributed by atoms with E-state index in [1.54, 1.807) is 19.1 Å². The van der Waals surface area contributed by atoms with Crippen LogP contribution in [-0.4, -0.2) is 18.0 Å². The van der Waals surface area contributed by atoms with Gasteiger partial charge in [0, 0.05) is 10.5 Å². The third-order valence-electron chi connectivity index (χ3n) is 2.65. The summed E-state index contributed by atoms with van der Waals surface area (Å²) in [6.45, 7) is 1.78. The summed E-state index contributed by atoms with van der Waals surface area (Å²) in [5, 5.41) is 5.73. The van der Waals surface area contributed by atoms with E-state index < -0.39 is 5.82 Å². The van der Waals surface area contributed by atoms with Crippen LogP contribution in [0.3, 0.4) is 0 Å². The van der Waals surface area contributed by atoms with Gasteiger partial charge in [-0.25, -0.2) is 4.39 Å². The van der Waals surface area contributed by atoms with Gasteiger partial charge in [-0.2, -0.15) is 0 Å². The van der Waals surface area contributed by atoms with Crippen molar-refractivity contribution in [2.24, 2.45) is 0 Å². The molecule has 0 radical (unpaired) electrons. The highest BCUT2D eigenvalue weighted by atomic mass is 79.9. The number of hydrogen-bond acceptors (Lipinski definition) is 2. The Bertz CT molecular complexity index is 435. The van der Waals surface area contributed by atoms with Crippen molar-refractivity contribution in [2.75, 3.05) is 5.32 Å². The molecule has 1 aliphatic rings. The third-order valence-corrected chi connectivity index (χ3v) is 3.14. The van der Waals surface area contributed by atoms with Gasteiger partial charge in [0.05, 0.1) is 11.7 Å². The van der Waals surface area contributed by atoms with Crippen molar-refractivity contribution >= 4 is 27.5 Å². The maximum atomic E-state index is 13.5. The number of anilines is 1. The first-order valence-corrected chi connectivity index (χ1v) is 6.37. The zero-order chi connectivity index (χ0) is 12.4. The van der Waals surface area contributed by atoms with Gasteiger partial charge < -0.3 is 10.6 Å². The van der Waals surface area contributed by atoms with E-state index in [0.717, 1.165) is 12.8 Å². The highest BCUT2D eigenvalue weighted by molar-refractivity contribution is 9.10. The minimum absolute atomic E-state index is 0.210. The lowest BCUT2D eigenvalue weighted by Crippen LogP contribution is -2.39. The van der Waals surface area contributed by atoms with Crippen molar-refractivity contribution < 1.29 is 9.18 Å². The van der Waals surface area contributed by atoms with Gasteiger partial charge in [0.25, 0.3) is 0 Å². The quantitative estimate of drug-likeness (QED) is 0.897. The molecule has 1 aromatic rings. The molecule has 1 aromatic carbocycles. The number of nitrogens with one attached hydrogen (secondary N) is 2. The molecule has 3 nitrogen and oxygen atoms in total. The fourth-order valence-corrected chi connectivity index (χ4v) is 1.84. The molecule has 0 aromatic heterocycles. The number of benzene rings is 1. The Hall–Kier alpha value is -0.940. The van der Waals surface area contributed by atoms with Crippen LogP contribution in [0.5, 0.6) is 0 Å². The topological polar surface area (TPSA) is 41.1 Å². The monoisotopic (exact) mass is 300 g/mol. The van der Waals surface area contributed by atoms with E-state index in [1.807, 2.05) is 0 Å². The second kappa shape index (κ2) is 5.14. The van der Waals surface area contributed by atoms with Gasteiger partial charge in [0.15, 0.2) is 0 Å². The summed E-state index contributed by atoms with van der Waals surface area (Å²) in [6, 6.07) is 4.71. The second-order valence-corrected chi connectivity index (χ2v) is 5.19. The van der Waals surface area contributed by atoms with E-state index in [0.29, 0.717) is 10.5 Å². The number of carbonyl (C=O) groups excluding carboxylic acids is 1. The number of amides is 1. The molecule has 1 unspecified atom stereocenters. The van der Waals surface area contributed by atoms with Gasteiger partial charge >= 0.3 is 0 Å². The molecular formula is C12H14BrFN2O. The van der Waals surface area contributed by atoms with E-state index in [2.05, 4.69) is 26.6 Å². The van der Waals surface area contributed by atoms with Crippen molar-refractivity contribution in [3.63, 3.8) is 0 Å². The molecule has 17 heavy (non-hydrogen) atoms. The fraction of sp³-hybridized carbons (Fsp3) is 0.417. The summed E-state index contributed by atoms with van der Waals surface area (Å²) in [5.74, 6) is -0.649. The summed E-state index contributed by atoms with van der Waals surface area (Å²) >= 11 is 3.17.